The van der Waals surface area contributed by atoms with Gasteiger partial charge in [0, 0.05) is 12.6 Å². The molecule has 164 valence electrons. The van der Waals surface area contributed by atoms with Gasteiger partial charge in [0.25, 0.3) is 5.56 Å². The first-order valence-corrected chi connectivity index (χ1v) is 9.71. The third-order valence-electron chi connectivity index (χ3n) is 4.34. The van der Waals surface area contributed by atoms with E-state index in [1.807, 2.05) is 6.92 Å². The Hall–Kier alpha value is -3.89. The molecule has 3 heterocycles. The Morgan fingerprint density at radius 3 is 2.65 bits per heavy atom. The molecule has 2 N–H and O–H groups in total. The Morgan fingerprint density at radius 2 is 1.97 bits per heavy atom. The number of urea groups is 1. The fraction of sp³-hybridized carbons (Fsp3) is 0.350. The molecule has 11 heteroatoms. The van der Waals surface area contributed by atoms with Crippen LogP contribution >= 0.6 is 0 Å². The van der Waals surface area contributed by atoms with E-state index in [4.69, 9.17) is 13.9 Å². The summed E-state index contributed by atoms with van der Waals surface area (Å²) < 4.78 is 16.9. The summed E-state index contributed by atoms with van der Waals surface area (Å²) in [6, 6.07) is 4.17. The largest absolute Gasteiger partial charge is 0.467 e. The Morgan fingerprint density at radius 1 is 1.16 bits per heavy atom. The molecule has 2 aromatic rings. The van der Waals surface area contributed by atoms with Gasteiger partial charge in [0.1, 0.15) is 18.4 Å². The number of furan rings is 1. The van der Waals surface area contributed by atoms with Crippen LogP contribution in [0.5, 0.6) is 0 Å². The molecule has 2 aromatic heterocycles. The Labute approximate surface area is 177 Å². The molecule has 0 radical (unpaired) electrons. The number of nitrogens with one attached hydrogen (secondary N) is 2. The molecule has 31 heavy (non-hydrogen) atoms. The molecule has 0 bridgehead atoms. The molecular weight excluding hydrogens is 408 g/mol. The number of hydrogen-bond acceptors (Lipinski definition) is 8. The summed E-state index contributed by atoms with van der Waals surface area (Å²) in [5.41, 5.74) is -0.307. The predicted octanol–water partition coefficient (Wildman–Crippen LogP) is 1.27. The van der Waals surface area contributed by atoms with Crippen LogP contribution in [0, 0.1) is 0 Å². The van der Waals surface area contributed by atoms with Crippen LogP contribution in [0.4, 0.5) is 4.79 Å². The molecular formula is C20H22N4O7. The van der Waals surface area contributed by atoms with E-state index in [9.17, 15) is 19.2 Å². The van der Waals surface area contributed by atoms with Crippen molar-refractivity contribution in [3.63, 3.8) is 0 Å². The van der Waals surface area contributed by atoms with E-state index in [2.05, 4.69) is 15.7 Å². The molecule has 2 amide bonds. The lowest BCUT2D eigenvalue weighted by Gasteiger charge is -2.27. The Kier molecular flexibility index (Phi) is 6.85. The topological polar surface area (TPSA) is 142 Å². The van der Waals surface area contributed by atoms with Crippen molar-refractivity contribution in [2.75, 3.05) is 13.2 Å². The number of aromatic nitrogens is 2. The van der Waals surface area contributed by atoms with Crippen molar-refractivity contribution in [2.45, 2.75) is 32.9 Å². The van der Waals surface area contributed by atoms with E-state index in [1.165, 1.54) is 23.1 Å². The number of aryl methyl sites for hydroxylation is 1. The number of ether oxygens (including phenoxy) is 2. The lowest BCUT2D eigenvalue weighted by atomic mass is 10.0. The number of carbonyl (C=O) groups excluding carboxylic acids is 3. The number of esters is 2. The zero-order valence-corrected chi connectivity index (χ0v) is 17.0. The average Bonchev–Trinajstić information content (AvgIpc) is 3.28. The Bertz CT molecular complexity index is 1060. The second-order valence-corrected chi connectivity index (χ2v) is 6.52. The fourth-order valence-corrected chi connectivity index (χ4v) is 2.99. The SMILES string of the molecule is CCCn1nc(C(=O)OCC2=C(C(=O)OCC)C(c3ccco3)NC(=O)N2)ccc1=O. The fourth-order valence-electron chi connectivity index (χ4n) is 2.99. The minimum atomic E-state index is -0.916. The van der Waals surface area contributed by atoms with Crippen LogP contribution < -0.4 is 16.2 Å². The van der Waals surface area contributed by atoms with Crippen molar-refractivity contribution in [3.05, 3.63) is 63.6 Å². The summed E-state index contributed by atoms with van der Waals surface area (Å²) >= 11 is 0. The zero-order valence-electron chi connectivity index (χ0n) is 17.0. The van der Waals surface area contributed by atoms with Crippen molar-refractivity contribution in [1.82, 2.24) is 20.4 Å². The van der Waals surface area contributed by atoms with Crippen LogP contribution in [0.3, 0.4) is 0 Å². The van der Waals surface area contributed by atoms with E-state index in [0.717, 1.165) is 0 Å². The lowest BCUT2D eigenvalue weighted by Crippen LogP contribution is -2.47. The molecule has 0 aliphatic carbocycles. The maximum absolute atomic E-state index is 12.6. The summed E-state index contributed by atoms with van der Waals surface area (Å²) in [7, 11) is 0. The Balaban J connectivity index is 1.87. The van der Waals surface area contributed by atoms with E-state index in [-0.39, 0.29) is 29.1 Å². The minimum absolute atomic E-state index is 0.0492. The van der Waals surface area contributed by atoms with Crippen molar-refractivity contribution in [2.24, 2.45) is 0 Å². The number of rotatable bonds is 8. The van der Waals surface area contributed by atoms with Gasteiger partial charge in [-0.2, -0.15) is 5.10 Å². The van der Waals surface area contributed by atoms with Gasteiger partial charge in [-0.1, -0.05) is 6.92 Å². The number of carbonyl (C=O) groups is 3. The monoisotopic (exact) mass is 430 g/mol. The molecule has 0 aromatic carbocycles. The zero-order chi connectivity index (χ0) is 22.4. The second kappa shape index (κ2) is 9.74. The second-order valence-electron chi connectivity index (χ2n) is 6.52. The van der Waals surface area contributed by atoms with Gasteiger partial charge in [0.05, 0.1) is 24.1 Å². The highest BCUT2D eigenvalue weighted by Gasteiger charge is 2.35. The third kappa shape index (κ3) is 5.00. The quantitative estimate of drug-likeness (QED) is 0.597. The van der Waals surface area contributed by atoms with Crippen molar-refractivity contribution in [1.29, 1.82) is 0 Å². The minimum Gasteiger partial charge on any atom is -0.467 e. The molecule has 0 spiro atoms. The van der Waals surface area contributed by atoms with E-state index >= 15 is 0 Å². The van der Waals surface area contributed by atoms with E-state index < -0.39 is 30.6 Å². The summed E-state index contributed by atoms with van der Waals surface area (Å²) in [5, 5.41) is 9.06. The third-order valence-corrected chi connectivity index (χ3v) is 4.34. The van der Waals surface area contributed by atoms with Crippen LogP contribution in [-0.2, 0) is 20.8 Å². The highest BCUT2D eigenvalue weighted by molar-refractivity contribution is 5.95. The van der Waals surface area contributed by atoms with Crippen molar-refractivity contribution < 1.29 is 28.3 Å². The maximum atomic E-state index is 12.6. The van der Waals surface area contributed by atoms with Crippen LogP contribution in [0.15, 0.2) is 51.0 Å². The molecule has 0 fully saturated rings. The standard InChI is InChI=1S/C20H22N4O7/c1-3-9-24-15(25)8-7-12(23-24)18(26)31-11-13-16(19(27)29-4-2)17(22-20(28)21-13)14-6-5-10-30-14/h5-8,10,17H,3-4,9,11H2,1-2H3,(H2,21,22,28). The van der Waals surface area contributed by atoms with Gasteiger partial charge in [-0.15, -0.1) is 0 Å². The van der Waals surface area contributed by atoms with Gasteiger partial charge in [-0.3, -0.25) is 4.79 Å². The van der Waals surface area contributed by atoms with Crippen LogP contribution in [-0.4, -0.2) is 41.0 Å². The maximum Gasteiger partial charge on any atom is 0.359 e. The van der Waals surface area contributed by atoms with Gasteiger partial charge in [0.2, 0.25) is 0 Å². The van der Waals surface area contributed by atoms with Crippen LogP contribution in [0.1, 0.15) is 42.6 Å². The highest BCUT2D eigenvalue weighted by atomic mass is 16.5. The normalized spacial score (nSPS) is 15.8. The molecule has 1 unspecified atom stereocenters. The number of amides is 2. The molecule has 0 saturated heterocycles. The van der Waals surface area contributed by atoms with Gasteiger partial charge >= 0.3 is 18.0 Å². The first-order valence-electron chi connectivity index (χ1n) is 9.71. The summed E-state index contributed by atoms with van der Waals surface area (Å²) in [6.07, 6.45) is 2.07. The van der Waals surface area contributed by atoms with Gasteiger partial charge in [0.15, 0.2) is 5.69 Å². The van der Waals surface area contributed by atoms with Gasteiger partial charge in [-0.05, 0) is 31.5 Å². The average molecular weight is 430 g/mol. The summed E-state index contributed by atoms with van der Waals surface area (Å²) in [5.74, 6) is -1.20. The molecule has 1 aliphatic rings. The van der Waals surface area contributed by atoms with Crippen LogP contribution in [0.25, 0.3) is 0 Å². The molecule has 11 nitrogen and oxygen atoms in total. The molecule has 1 aliphatic heterocycles. The smallest absolute Gasteiger partial charge is 0.359 e. The van der Waals surface area contributed by atoms with Crippen LogP contribution in [0.2, 0.25) is 0 Å². The number of hydrogen-bond donors (Lipinski definition) is 2. The van der Waals surface area contributed by atoms with Gasteiger partial charge in [-0.25, -0.2) is 19.1 Å². The first-order chi connectivity index (χ1) is 14.9. The van der Waals surface area contributed by atoms with Crippen molar-refractivity contribution >= 4 is 18.0 Å². The summed E-state index contributed by atoms with van der Waals surface area (Å²) in [6.45, 7) is 3.55. The molecule has 0 saturated carbocycles. The van der Waals surface area contributed by atoms with Crippen molar-refractivity contribution in [3.8, 4) is 0 Å². The van der Waals surface area contributed by atoms with E-state index in [0.29, 0.717) is 18.7 Å². The first kappa shape index (κ1) is 21.8. The number of nitrogens with zero attached hydrogens (tertiary/aromatic N) is 2. The van der Waals surface area contributed by atoms with E-state index in [1.54, 1.807) is 19.1 Å². The highest BCUT2D eigenvalue weighted by Crippen LogP contribution is 2.28. The summed E-state index contributed by atoms with van der Waals surface area (Å²) in [4.78, 5) is 49.0. The molecule has 3 rings (SSSR count). The molecule has 1 atom stereocenters. The van der Waals surface area contributed by atoms with Gasteiger partial charge < -0.3 is 24.5 Å². The predicted molar refractivity (Wildman–Crippen MR) is 106 cm³/mol. The lowest BCUT2D eigenvalue weighted by molar-refractivity contribution is -0.139.